The zero-order valence-electron chi connectivity index (χ0n) is 10.2. The zero-order chi connectivity index (χ0) is 12.7. The molecule has 1 N–H and O–H groups in total. The second-order valence-corrected chi connectivity index (χ2v) is 4.51. The lowest BCUT2D eigenvalue weighted by molar-refractivity contribution is 0.967. The summed E-state index contributed by atoms with van der Waals surface area (Å²) in [6.45, 7) is 0.699. The lowest BCUT2D eigenvalue weighted by Gasteiger charge is -2.18. The lowest BCUT2D eigenvalue weighted by Crippen LogP contribution is -2.21. The van der Waals surface area contributed by atoms with E-state index in [0.717, 1.165) is 16.7 Å². The fourth-order valence-electron chi connectivity index (χ4n) is 2.54. The number of aromatic nitrogens is 1. The number of nitrogens with one attached hydrogen (secondary N) is 1. The van der Waals surface area contributed by atoms with Crippen molar-refractivity contribution in [3.63, 3.8) is 0 Å². The highest BCUT2D eigenvalue weighted by Gasteiger charge is 2.12. The minimum Gasteiger partial charge on any atom is -0.353 e. The van der Waals surface area contributed by atoms with E-state index in [2.05, 4.69) is 51.5 Å². The molecule has 92 valence electrons. The van der Waals surface area contributed by atoms with Crippen molar-refractivity contribution in [3.05, 3.63) is 42.5 Å². The summed E-state index contributed by atoms with van der Waals surface area (Å²) in [5.41, 5.74) is 3.35. The van der Waals surface area contributed by atoms with Crippen LogP contribution >= 0.6 is 0 Å². The van der Waals surface area contributed by atoms with Crippen LogP contribution in [0.4, 0.5) is 5.69 Å². The minimum atomic E-state index is 0.699. The fourth-order valence-corrected chi connectivity index (χ4v) is 2.54. The summed E-state index contributed by atoms with van der Waals surface area (Å²) in [4.78, 5) is 7.49. The van der Waals surface area contributed by atoms with E-state index in [1.807, 2.05) is 17.3 Å². The Balaban J connectivity index is 2.01. The maximum atomic E-state index is 4.31. The van der Waals surface area contributed by atoms with E-state index in [-0.39, 0.29) is 0 Å². The standard InChI is InChI=1S/C15H12N4/c1-2-6-13-11(4-1)12-5-3-7-14(15(12)18-13)19-9-8-16-10-17-19/h1-8,10,18H,9H2. The third-order valence-electron chi connectivity index (χ3n) is 3.42. The first-order valence-electron chi connectivity index (χ1n) is 6.24. The number of benzene rings is 2. The van der Waals surface area contributed by atoms with E-state index in [9.17, 15) is 0 Å². The van der Waals surface area contributed by atoms with Crippen LogP contribution in [0.2, 0.25) is 0 Å². The molecule has 2 aromatic carbocycles. The van der Waals surface area contributed by atoms with Crippen molar-refractivity contribution in [2.24, 2.45) is 10.1 Å². The number of hydrogen-bond donors (Lipinski definition) is 1. The average molecular weight is 248 g/mol. The van der Waals surface area contributed by atoms with Gasteiger partial charge >= 0.3 is 0 Å². The first-order chi connectivity index (χ1) is 9.43. The van der Waals surface area contributed by atoms with Crippen LogP contribution in [0.25, 0.3) is 21.8 Å². The van der Waals surface area contributed by atoms with Gasteiger partial charge in [0.1, 0.15) is 6.34 Å². The van der Waals surface area contributed by atoms with Crippen molar-refractivity contribution in [1.82, 2.24) is 4.98 Å². The molecule has 0 unspecified atom stereocenters. The van der Waals surface area contributed by atoms with Gasteiger partial charge in [-0.1, -0.05) is 30.3 Å². The molecule has 1 aliphatic heterocycles. The maximum absolute atomic E-state index is 4.31. The number of hydrogen-bond acceptors (Lipinski definition) is 3. The predicted octanol–water partition coefficient (Wildman–Crippen LogP) is 3.16. The van der Waals surface area contributed by atoms with Gasteiger partial charge < -0.3 is 4.98 Å². The summed E-state index contributed by atoms with van der Waals surface area (Å²) in [6.07, 6.45) is 3.43. The quantitative estimate of drug-likeness (QED) is 0.706. The Hall–Kier alpha value is -2.62. The number of hydrazone groups is 1. The highest BCUT2D eigenvalue weighted by atomic mass is 15.5. The van der Waals surface area contributed by atoms with Crippen LogP contribution in [0, 0.1) is 0 Å². The molecule has 0 atom stereocenters. The van der Waals surface area contributed by atoms with Gasteiger partial charge in [0.05, 0.1) is 17.7 Å². The van der Waals surface area contributed by atoms with Crippen molar-refractivity contribution in [2.75, 3.05) is 11.6 Å². The van der Waals surface area contributed by atoms with Crippen LogP contribution in [0.3, 0.4) is 0 Å². The molecule has 1 aromatic heterocycles. The van der Waals surface area contributed by atoms with Gasteiger partial charge in [0, 0.05) is 22.5 Å². The van der Waals surface area contributed by atoms with Crippen molar-refractivity contribution in [2.45, 2.75) is 0 Å². The van der Waals surface area contributed by atoms with Crippen molar-refractivity contribution in [3.8, 4) is 0 Å². The summed E-state index contributed by atoms with van der Waals surface area (Å²) in [6, 6.07) is 14.6. The average Bonchev–Trinajstić information content (AvgIpc) is 2.87. The van der Waals surface area contributed by atoms with E-state index < -0.39 is 0 Å². The summed E-state index contributed by atoms with van der Waals surface area (Å²) >= 11 is 0. The molecule has 2 heterocycles. The Morgan fingerprint density at radius 2 is 1.89 bits per heavy atom. The molecule has 1 aliphatic rings. The molecule has 0 aliphatic carbocycles. The van der Waals surface area contributed by atoms with Gasteiger partial charge in [0.15, 0.2) is 0 Å². The van der Waals surface area contributed by atoms with Gasteiger partial charge in [-0.3, -0.25) is 5.01 Å². The Bertz CT molecular complexity index is 813. The number of nitrogens with zero attached hydrogens (tertiary/aromatic N) is 3. The summed E-state index contributed by atoms with van der Waals surface area (Å²) in [5, 5.41) is 8.73. The number of para-hydroxylation sites is 2. The Morgan fingerprint density at radius 1 is 1.00 bits per heavy atom. The number of H-pyrrole nitrogens is 1. The molecule has 0 saturated heterocycles. The minimum absolute atomic E-state index is 0.699. The first-order valence-corrected chi connectivity index (χ1v) is 6.24. The predicted molar refractivity (Wildman–Crippen MR) is 80.1 cm³/mol. The lowest BCUT2D eigenvalue weighted by atomic mass is 10.1. The zero-order valence-corrected chi connectivity index (χ0v) is 10.2. The van der Waals surface area contributed by atoms with Crippen LogP contribution < -0.4 is 5.01 Å². The summed E-state index contributed by atoms with van der Waals surface area (Å²) in [7, 11) is 0. The number of anilines is 1. The first kappa shape index (κ1) is 10.3. The van der Waals surface area contributed by atoms with Crippen LogP contribution in [0.15, 0.2) is 52.6 Å². The number of aromatic amines is 1. The van der Waals surface area contributed by atoms with Crippen LogP contribution in [0.1, 0.15) is 0 Å². The number of aliphatic imine (C=N–C) groups is 1. The third kappa shape index (κ3) is 1.53. The molecule has 4 heteroatoms. The highest BCUT2D eigenvalue weighted by Crippen LogP contribution is 2.32. The molecule has 0 amide bonds. The third-order valence-corrected chi connectivity index (χ3v) is 3.42. The number of fused-ring (bicyclic) bond motifs is 3. The molecule has 0 spiro atoms. The van der Waals surface area contributed by atoms with Gasteiger partial charge in [-0.15, -0.1) is 0 Å². The van der Waals surface area contributed by atoms with Gasteiger partial charge in [-0.25, -0.2) is 4.99 Å². The molecule has 0 fully saturated rings. The van der Waals surface area contributed by atoms with E-state index >= 15 is 0 Å². The highest BCUT2D eigenvalue weighted by molar-refractivity contribution is 6.11. The van der Waals surface area contributed by atoms with E-state index in [0.29, 0.717) is 6.54 Å². The van der Waals surface area contributed by atoms with E-state index in [1.54, 1.807) is 6.34 Å². The molecule has 0 saturated carbocycles. The molecule has 4 nitrogen and oxygen atoms in total. The van der Waals surface area contributed by atoms with Crippen LogP contribution in [0.5, 0.6) is 0 Å². The van der Waals surface area contributed by atoms with Gasteiger partial charge in [-0.05, 0) is 12.1 Å². The normalized spacial score (nSPS) is 14.6. The summed E-state index contributed by atoms with van der Waals surface area (Å²) in [5.74, 6) is 0. The SMILES string of the molecule is C1=NC=NN(c2cccc3c2[nH]c2ccccc23)C1. The second-order valence-electron chi connectivity index (χ2n) is 4.51. The largest absolute Gasteiger partial charge is 0.353 e. The van der Waals surface area contributed by atoms with E-state index in [4.69, 9.17) is 0 Å². The van der Waals surface area contributed by atoms with Crippen molar-refractivity contribution in [1.29, 1.82) is 0 Å². The van der Waals surface area contributed by atoms with Crippen LogP contribution in [-0.4, -0.2) is 24.1 Å². The molecule has 19 heavy (non-hydrogen) atoms. The summed E-state index contributed by atoms with van der Waals surface area (Å²) < 4.78 is 0. The Morgan fingerprint density at radius 3 is 2.79 bits per heavy atom. The fraction of sp³-hybridized carbons (Fsp3) is 0.0667. The smallest absolute Gasteiger partial charge is 0.135 e. The van der Waals surface area contributed by atoms with E-state index in [1.165, 1.54) is 10.8 Å². The molecule has 0 bridgehead atoms. The maximum Gasteiger partial charge on any atom is 0.135 e. The molecule has 4 rings (SSSR count). The molecule has 3 aromatic rings. The molecule has 0 radical (unpaired) electrons. The molecular formula is C15H12N4. The Labute approximate surface area is 110 Å². The van der Waals surface area contributed by atoms with Crippen LogP contribution in [-0.2, 0) is 0 Å². The van der Waals surface area contributed by atoms with Gasteiger partial charge in [-0.2, -0.15) is 5.10 Å². The van der Waals surface area contributed by atoms with Crippen molar-refractivity contribution < 1.29 is 0 Å². The van der Waals surface area contributed by atoms with Crippen molar-refractivity contribution >= 4 is 40.0 Å². The monoisotopic (exact) mass is 248 g/mol. The molecular weight excluding hydrogens is 236 g/mol. The second kappa shape index (κ2) is 3.95. The van der Waals surface area contributed by atoms with Gasteiger partial charge in [0.2, 0.25) is 0 Å². The number of rotatable bonds is 1. The Kier molecular flexibility index (Phi) is 2.14. The topological polar surface area (TPSA) is 43.8 Å². The van der Waals surface area contributed by atoms with Gasteiger partial charge in [0.25, 0.3) is 0 Å².